The van der Waals surface area contributed by atoms with Gasteiger partial charge in [-0.2, -0.15) is 0 Å². The molecule has 0 unspecified atom stereocenters. The Bertz CT molecular complexity index is 709. The van der Waals surface area contributed by atoms with Gasteiger partial charge in [-0.15, -0.1) is 5.10 Å². The lowest BCUT2D eigenvalue weighted by atomic mass is 10.1. The van der Waals surface area contributed by atoms with E-state index in [0.29, 0.717) is 18.8 Å². The fraction of sp³-hybridized carbons (Fsp3) is 0.200. The fourth-order valence-electron chi connectivity index (χ4n) is 2.03. The molecule has 0 saturated carbocycles. The number of rotatable bonds is 5. The van der Waals surface area contributed by atoms with Crippen molar-refractivity contribution in [1.29, 1.82) is 0 Å². The maximum absolute atomic E-state index is 8.91. The summed E-state index contributed by atoms with van der Waals surface area (Å²) >= 11 is 0. The van der Waals surface area contributed by atoms with E-state index in [0.717, 1.165) is 11.1 Å². The zero-order valence-corrected chi connectivity index (χ0v) is 10.9. The zero-order chi connectivity index (χ0) is 13.8. The number of aliphatic hydroxyl groups excluding tert-OH is 1. The Morgan fingerprint density at radius 1 is 1.10 bits per heavy atom. The lowest BCUT2D eigenvalue weighted by molar-refractivity contribution is 0.276. The predicted molar refractivity (Wildman–Crippen MR) is 75.4 cm³/mol. The minimum absolute atomic E-state index is 0.0917. The quantitative estimate of drug-likeness (QED) is 0.769. The fourth-order valence-corrected chi connectivity index (χ4v) is 2.03. The molecule has 5 nitrogen and oxygen atoms in total. The lowest BCUT2D eigenvalue weighted by Gasteiger charge is -2.07. The highest BCUT2D eigenvalue weighted by molar-refractivity contribution is 5.83. The number of benzene rings is 2. The average molecular weight is 269 g/mol. The molecule has 0 aliphatic rings. The standard InChI is InChI=1S/C15H15N3O2/c19-11-14-10-18(17-16-14)7-8-20-15-6-5-12-3-1-2-4-13(12)9-15/h1-6,9-10,19H,7-8,11H2. The summed E-state index contributed by atoms with van der Waals surface area (Å²) in [6.45, 7) is 1.01. The number of hydrogen-bond acceptors (Lipinski definition) is 4. The molecular formula is C15H15N3O2. The highest BCUT2D eigenvalue weighted by Crippen LogP contribution is 2.20. The van der Waals surface area contributed by atoms with Crippen LogP contribution in [-0.2, 0) is 13.2 Å². The van der Waals surface area contributed by atoms with E-state index >= 15 is 0 Å². The van der Waals surface area contributed by atoms with Gasteiger partial charge in [0.25, 0.3) is 0 Å². The van der Waals surface area contributed by atoms with Gasteiger partial charge in [0.1, 0.15) is 18.1 Å². The summed E-state index contributed by atoms with van der Waals surface area (Å²) in [5, 5.41) is 19.0. The number of ether oxygens (including phenoxy) is 1. The summed E-state index contributed by atoms with van der Waals surface area (Å²) in [7, 11) is 0. The van der Waals surface area contributed by atoms with Crippen molar-refractivity contribution in [2.45, 2.75) is 13.2 Å². The Labute approximate surface area is 116 Å². The predicted octanol–water partition coefficient (Wildman–Crippen LogP) is 2.00. The van der Waals surface area contributed by atoms with E-state index in [1.54, 1.807) is 10.9 Å². The molecular weight excluding hydrogens is 254 g/mol. The van der Waals surface area contributed by atoms with Gasteiger partial charge in [-0.1, -0.05) is 35.5 Å². The Kier molecular flexibility index (Phi) is 3.60. The molecule has 0 radical (unpaired) electrons. The molecule has 2 aromatic carbocycles. The van der Waals surface area contributed by atoms with Gasteiger partial charge in [-0.05, 0) is 22.9 Å². The maximum atomic E-state index is 8.91. The van der Waals surface area contributed by atoms with Crippen LogP contribution in [0.3, 0.4) is 0 Å². The topological polar surface area (TPSA) is 60.2 Å². The van der Waals surface area contributed by atoms with Crippen molar-refractivity contribution in [3.8, 4) is 5.75 Å². The lowest BCUT2D eigenvalue weighted by Crippen LogP contribution is -2.08. The third-order valence-electron chi connectivity index (χ3n) is 3.06. The van der Waals surface area contributed by atoms with Crippen molar-refractivity contribution in [3.63, 3.8) is 0 Å². The summed E-state index contributed by atoms with van der Waals surface area (Å²) < 4.78 is 7.37. The van der Waals surface area contributed by atoms with Gasteiger partial charge in [0.05, 0.1) is 19.3 Å². The van der Waals surface area contributed by atoms with Crippen LogP contribution < -0.4 is 4.74 Å². The third-order valence-corrected chi connectivity index (χ3v) is 3.06. The summed E-state index contributed by atoms with van der Waals surface area (Å²) in [6, 6.07) is 14.2. The van der Waals surface area contributed by atoms with Crippen LogP contribution in [0.1, 0.15) is 5.69 Å². The number of nitrogens with zero attached hydrogens (tertiary/aromatic N) is 3. The molecule has 0 fully saturated rings. The van der Waals surface area contributed by atoms with Crippen LogP contribution in [0.5, 0.6) is 5.75 Å². The first-order valence-corrected chi connectivity index (χ1v) is 6.46. The second-order valence-electron chi connectivity index (χ2n) is 4.49. The van der Waals surface area contributed by atoms with Gasteiger partial charge >= 0.3 is 0 Å². The Morgan fingerprint density at radius 2 is 1.95 bits per heavy atom. The van der Waals surface area contributed by atoms with E-state index in [2.05, 4.69) is 22.4 Å². The molecule has 0 amide bonds. The van der Waals surface area contributed by atoms with Crippen molar-refractivity contribution in [2.24, 2.45) is 0 Å². The van der Waals surface area contributed by atoms with Crippen LogP contribution in [0.2, 0.25) is 0 Å². The first kappa shape index (κ1) is 12.6. The molecule has 0 bridgehead atoms. The molecule has 20 heavy (non-hydrogen) atoms. The van der Waals surface area contributed by atoms with Crippen molar-refractivity contribution >= 4 is 10.8 Å². The van der Waals surface area contributed by atoms with Gasteiger partial charge < -0.3 is 9.84 Å². The number of hydrogen-bond donors (Lipinski definition) is 1. The molecule has 3 aromatic rings. The first-order chi connectivity index (χ1) is 9.85. The molecule has 1 N–H and O–H groups in total. The maximum Gasteiger partial charge on any atom is 0.120 e. The van der Waals surface area contributed by atoms with Gasteiger partial charge in [0.2, 0.25) is 0 Å². The SMILES string of the molecule is OCc1cn(CCOc2ccc3ccccc3c2)nn1. The molecule has 1 aromatic heterocycles. The van der Waals surface area contributed by atoms with Crippen LogP contribution in [0.15, 0.2) is 48.7 Å². The summed E-state index contributed by atoms with van der Waals surface area (Å²) in [4.78, 5) is 0. The second kappa shape index (κ2) is 5.71. The summed E-state index contributed by atoms with van der Waals surface area (Å²) in [6.07, 6.45) is 1.71. The Hall–Kier alpha value is -2.40. The van der Waals surface area contributed by atoms with E-state index in [9.17, 15) is 0 Å². The number of aromatic nitrogens is 3. The van der Waals surface area contributed by atoms with E-state index < -0.39 is 0 Å². The van der Waals surface area contributed by atoms with E-state index in [-0.39, 0.29) is 6.61 Å². The summed E-state index contributed by atoms with van der Waals surface area (Å²) in [5.74, 6) is 0.839. The molecule has 0 aliphatic heterocycles. The average Bonchev–Trinajstić information content (AvgIpc) is 2.95. The molecule has 0 saturated heterocycles. The molecule has 102 valence electrons. The molecule has 0 spiro atoms. The summed E-state index contributed by atoms with van der Waals surface area (Å²) in [5.41, 5.74) is 0.565. The van der Waals surface area contributed by atoms with Gasteiger partial charge in [0, 0.05) is 0 Å². The molecule has 1 heterocycles. The van der Waals surface area contributed by atoms with Crippen molar-refractivity contribution in [1.82, 2.24) is 15.0 Å². The van der Waals surface area contributed by atoms with Crippen molar-refractivity contribution in [2.75, 3.05) is 6.61 Å². The van der Waals surface area contributed by atoms with E-state index in [4.69, 9.17) is 9.84 Å². The highest BCUT2D eigenvalue weighted by atomic mass is 16.5. The smallest absolute Gasteiger partial charge is 0.120 e. The van der Waals surface area contributed by atoms with Crippen LogP contribution >= 0.6 is 0 Å². The van der Waals surface area contributed by atoms with Gasteiger partial charge in [-0.3, -0.25) is 0 Å². The Balaban J connectivity index is 1.62. The van der Waals surface area contributed by atoms with Crippen molar-refractivity contribution in [3.05, 3.63) is 54.4 Å². The Morgan fingerprint density at radius 3 is 2.75 bits per heavy atom. The first-order valence-electron chi connectivity index (χ1n) is 6.46. The highest BCUT2D eigenvalue weighted by Gasteiger charge is 2.00. The molecule has 5 heteroatoms. The van der Waals surface area contributed by atoms with Crippen LogP contribution in [0.4, 0.5) is 0 Å². The second-order valence-corrected chi connectivity index (χ2v) is 4.49. The van der Waals surface area contributed by atoms with Crippen LogP contribution in [0, 0.1) is 0 Å². The minimum Gasteiger partial charge on any atom is -0.492 e. The monoisotopic (exact) mass is 269 g/mol. The van der Waals surface area contributed by atoms with E-state index in [1.165, 1.54) is 5.39 Å². The largest absolute Gasteiger partial charge is 0.492 e. The van der Waals surface area contributed by atoms with Gasteiger partial charge in [-0.25, -0.2) is 4.68 Å². The van der Waals surface area contributed by atoms with Crippen LogP contribution in [0.25, 0.3) is 10.8 Å². The normalized spacial score (nSPS) is 10.8. The third kappa shape index (κ3) is 2.78. The molecule has 0 aliphatic carbocycles. The number of fused-ring (bicyclic) bond motifs is 1. The molecule has 3 rings (SSSR count). The van der Waals surface area contributed by atoms with Crippen molar-refractivity contribution < 1.29 is 9.84 Å². The zero-order valence-electron chi connectivity index (χ0n) is 10.9. The molecule has 0 atom stereocenters. The van der Waals surface area contributed by atoms with Crippen LogP contribution in [-0.4, -0.2) is 26.7 Å². The van der Waals surface area contributed by atoms with E-state index in [1.807, 2.05) is 30.3 Å². The number of aliphatic hydroxyl groups is 1. The minimum atomic E-state index is -0.0917. The van der Waals surface area contributed by atoms with Gasteiger partial charge in [0.15, 0.2) is 0 Å².